The summed E-state index contributed by atoms with van der Waals surface area (Å²) in [5, 5.41) is 14.1. The molecule has 1 aliphatic heterocycles. The third kappa shape index (κ3) is 3.09. The smallest absolute Gasteiger partial charge is 0.335 e. The summed E-state index contributed by atoms with van der Waals surface area (Å²) < 4.78 is 0. The van der Waals surface area contributed by atoms with E-state index < -0.39 is 17.9 Å². The maximum atomic E-state index is 11.9. The van der Waals surface area contributed by atoms with Gasteiger partial charge < -0.3 is 15.7 Å². The van der Waals surface area contributed by atoms with E-state index in [0.29, 0.717) is 13.0 Å². The summed E-state index contributed by atoms with van der Waals surface area (Å²) in [7, 11) is 0. The summed E-state index contributed by atoms with van der Waals surface area (Å²) in [6.45, 7) is 0.625. The average Bonchev–Trinajstić information content (AvgIpc) is 2.41. The molecule has 2 rings (SSSR count). The third-order valence-corrected chi connectivity index (χ3v) is 2.96. The van der Waals surface area contributed by atoms with Crippen molar-refractivity contribution in [3.63, 3.8) is 0 Å². The lowest BCUT2D eigenvalue weighted by Crippen LogP contribution is -2.50. The minimum atomic E-state index is -1.09. The first kappa shape index (κ1) is 13.1. The molecule has 19 heavy (non-hydrogen) atoms. The number of carbonyl (C=O) groups is 3. The number of piperidine rings is 1. The Morgan fingerprint density at radius 3 is 2.74 bits per heavy atom. The lowest BCUT2D eigenvalue weighted by atomic mass is 10.1. The van der Waals surface area contributed by atoms with E-state index in [0.717, 1.165) is 6.42 Å². The van der Waals surface area contributed by atoms with Gasteiger partial charge in [-0.25, -0.2) is 4.79 Å². The normalized spacial score (nSPS) is 18.5. The van der Waals surface area contributed by atoms with E-state index in [1.165, 1.54) is 24.3 Å². The topological polar surface area (TPSA) is 95.5 Å². The Bertz CT molecular complexity index is 527. The second-order valence-electron chi connectivity index (χ2n) is 4.35. The van der Waals surface area contributed by atoms with Gasteiger partial charge in [0, 0.05) is 12.1 Å². The molecule has 1 aromatic rings. The van der Waals surface area contributed by atoms with Crippen molar-refractivity contribution < 1.29 is 19.5 Å². The number of benzene rings is 1. The standard InChI is InChI=1S/C13H14N2O4/c16-11(15-10-5-2-6-14-12(10)17)8-3-1-4-9(7-8)13(18)19/h1,3-4,7,10H,2,5-6H2,(H,14,17)(H,15,16)(H,18,19). The Morgan fingerprint density at radius 2 is 2.05 bits per heavy atom. The fourth-order valence-electron chi connectivity index (χ4n) is 1.94. The monoisotopic (exact) mass is 262 g/mol. The van der Waals surface area contributed by atoms with E-state index in [4.69, 9.17) is 5.11 Å². The van der Waals surface area contributed by atoms with Gasteiger partial charge >= 0.3 is 5.97 Å². The SMILES string of the molecule is O=C(O)c1cccc(C(=O)NC2CCCNC2=O)c1. The molecule has 2 amide bonds. The van der Waals surface area contributed by atoms with Crippen LogP contribution in [0.2, 0.25) is 0 Å². The molecule has 100 valence electrons. The highest BCUT2D eigenvalue weighted by atomic mass is 16.4. The molecule has 1 unspecified atom stereocenters. The molecule has 6 nitrogen and oxygen atoms in total. The first-order chi connectivity index (χ1) is 9.08. The number of hydrogen-bond donors (Lipinski definition) is 3. The van der Waals surface area contributed by atoms with Crippen LogP contribution in [-0.2, 0) is 4.79 Å². The van der Waals surface area contributed by atoms with Crippen molar-refractivity contribution in [1.82, 2.24) is 10.6 Å². The highest BCUT2D eigenvalue weighted by Crippen LogP contribution is 2.08. The number of carboxylic acid groups (broad SMARTS) is 1. The lowest BCUT2D eigenvalue weighted by Gasteiger charge is -2.22. The summed E-state index contributed by atoms with van der Waals surface area (Å²) in [5.41, 5.74) is 0.277. The quantitative estimate of drug-likeness (QED) is 0.734. The van der Waals surface area contributed by atoms with Crippen molar-refractivity contribution in [2.45, 2.75) is 18.9 Å². The van der Waals surface area contributed by atoms with E-state index in [2.05, 4.69) is 10.6 Å². The Balaban J connectivity index is 2.09. The van der Waals surface area contributed by atoms with Crippen molar-refractivity contribution in [3.05, 3.63) is 35.4 Å². The maximum absolute atomic E-state index is 11.9. The number of hydrogen-bond acceptors (Lipinski definition) is 3. The molecule has 3 N–H and O–H groups in total. The molecule has 1 aromatic carbocycles. The molecule has 1 fully saturated rings. The number of aromatic carboxylic acids is 1. The highest BCUT2D eigenvalue weighted by molar-refractivity contribution is 5.99. The molecule has 1 heterocycles. The van der Waals surface area contributed by atoms with Crippen molar-refractivity contribution in [1.29, 1.82) is 0 Å². The van der Waals surface area contributed by atoms with E-state index in [1.807, 2.05) is 0 Å². The molecule has 1 saturated heterocycles. The van der Waals surface area contributed by atoms with Crippen molar-refractivity contribution in [2.24, 2.45) is 0 Å². The van der Waals surface area contributed by atoms with Crippen LogP contribution in [0.5, 0.6) is 0 Å². The minimum absolute atomic E-state index is 0.0424. The molecule has 0 bridgehead atoms. The zero-order valence-electron chi connectivity index (χ0n) is 10.2. The lowest BCUT2D eigenvalue weighted by molar-refractivity contribution is -0.124. The van der Waals surface area contributed by atoms with Crippen LogP contribution in [-0.4, -0.2) is 35.5 Å². The van der Waals surface area contributed by atoms with Crippen molar-refractivity contribution in [3.8, 4) is 0 Å². The fourth-order valence-corrected chi connectivity index (χ4v) is 1.94. The summed E-state index contributed by atoms with van der Waals surface area (Å²) in [6, 6.07) is 5.17. The molecule has 0 saturated carbocycles. The van der Waals surface area contributed by atoms with Gasteiger partial charge in [-0.15, -0.1) is 0 Å². The number of amides is 2. The minimum Gasteiger partial charge on any atom is -0.478 e. The Kier molecular flexibility index (Phi) is 3.79. The third-order valence-electron chi connectivity index (χ3n) is 2.96. The second kappa shape index (κ2) is 5.51. The van der Waals surface area contributed by atoms with Crippen LogP contribution in [0.15, 0.2) is 24.3 Å². The molecule has 1 atom stereocenters. The maximum Gasteiger partial charge on any atom is 0.335 e. The first-order valence-corrected chi connectivity index (χ1v) is 6.00. The summed E-state index contributed by atoms with van der Waals surface area (Å²) >= 11 is 0. The molecular weight excluding hydrogens is 248 g/mol. The van der Waals surface area contributed by atoms with Crippen LogP contribution in [0.3, 0.4) is 0 Å². The van der Waals surface area contributed by atoms with E-state index >= 15 is 0 Å². The predicted molar refractivity (Wildman–Crippen MR) is 66.9 cm³/mol. The number of rotatable bonds is 3. The Hall–Kier alpha value is -2.37. The first-order valence-electron chi connectivity index (χ1n) is 6.00. The van der Waals surface area contributed by atoms with E-state index in [-0.39, 0.29) is 17.0 Å². The van der Waals surface area contributed by atoms with Gasteiger partial charge in [-0.3, -0.25) is 9.59 Å². The summed E-state index contributed by atoms with van der Waals surface area (Å²) in [6.07, 6.45) is 1.40. The zero-order chi connectivity index (χ0) is 13.8. The number of carboxylic acids is 1. The Morgan fingerprint density at radius 1 is 1.32 bits per heavy atom. The number of nitrogens with one attached hydrogen (secondary N) is 2. The summed E-state index contributed by atoms with van der Waals surface area (Å²) in [5.74, 6) is -1.73. The fraction of sp³-hybridized carbons (Fsp3) is 0.308. The van der Waals surface area contributed by atoms with Gasteiger partial charge in [0.05, 0.1) is 5.56 Å². The van der Waals surface area contributed by atoms with Crippen LogP contribution >= 0.6 is 0 Å². The molecule has 6 heteroatoms. The van der Waals surface area contributed by atoms with Crippen molar-refractivity contribution in [2.75, 3.05) is 6.54 Å². The van der Waals surface area contributed by atoms with Gasteiger partial charge in [-0.05, 0) is 31.0 Å². The van der Waals surface area contributed by atoms with E-state index in [9.17, 15) is 14.4 Å². The molecule has 0 spiro atoms. The van der Waals surface area contributed by atoms with Crippen LogP contribution in [0.4, 0.5) is 0 Å². The van der Waals surface area contributed by atoms with Gasteiger partial charge in [-0.1, -0.05) is 6.07 Å². The van der Waals surface area contributed by atoms with Crippen LogP contribution in [0.25, 0.3) is 0 Å². The van der Waals surface area contributed by atoms with Gasteiger partial charge in [0.2, 0.25) is 5.91 Å². The van der Waals surface area contributed by atoms with Gasteiger partial charge in [0.1, 0.15) is 6.04 Å². The average molecular weight is 262 g/mol. The van der Waals surface area contributed by atoms with Crippen molar-refractivity contribution >= 4 is 17.8 Å². The van der Waals surface area contributed by atoms with Crippen LogP contribution in [0.1, 0.15) is 33.6 Å². The number of carbonyl (C=O) groups excluding carboxylic acids is 2. The van der Waals surface area contributed by atoms with Gasteiger partial charge in [0.25, 0.3) is 5.91 Å². The van der Waals surface area contributed by atoms with Crippen LogP contribution in [0, 0.1) is 0 Å². The zero-order valence-corrected chi connectivity index (χ0v) is 10.2. The molecule has 0 radical (unpaired) electrons. The molecular formula is C13H14N2O4. The second-order valence-corrected chi connectivity index (χ2v) is 4.35. The predicted octanol–water partition coefficient (Wildman–Crippen LogP) is 0.393. The molecule has 0 aliphatic carbocycles. The van der Waals surface area contributed by atoms with E-state index in [1.54, 1.807) is 0 Å². The van der Waals surface area contributed by atoms with Gasteiger partial charge in [0.15, 0.2) is 0 Å². The highest BCUT2D eigenvalue weighted by Gasteiger charge is 2.24. The van der Waals surface area contributed by atoms with Gasteiger partial charge in [-0.2, -0.15) is 0 Å². The Labute approximate surface area is 109 Å². The van der Waals surface area contributed by atoms with Crippen LogP contribution < -0.4 is 10.6 Å². The largest absolute Gasteiger partial charge is 0.478 e. The summed E-state index contributed by atoms with van der Waals surface area (Å²) in [4.78, 5) is 34.3. The molecule has 1 aliphatic rings. The molecule has 0 aromatic heterocycles.